The van der Waals surface area contributed by atoms with Crippen molar-refractivity contribution in [3.05, 3.63) is 39.6 Å². The number of amides is 1. The highest BCUT2D eigenvalue weighted by Crippen LogP contribution is 2.44. The Morgan fingerprint density at radius 1 is 1.22 bits per heavy atom. The van der Waals surface area contributed by atoms with Gasteiger partial charge in [0.15, 0.2) is 16.7 Å². The van der Waals surface area contributed by atoms with Gasteiger partial charge in [-0.1, -0.05) is 11.6 Å². The Morgan fingerprint density at radius 2 is 1.91 bits per heavy atom. The zero-order chi connectivity index (χ0) is 17.0. The summed E-state index contributed by atoms with van der Waals surface area (Å²) in [6.07, 6.45) is 1.54. The molecule has 1 heterocycles. The molecule has 23 heavy (non-hydrogen) atoms. The maximum absolute atomic E-state index is 12.5. The van der Waals surface area contributed by atoms with Crippen LogP contribution in [-0.4, -0.2) is 32.2 Å². The third-order valence-corrected chi connectivity index (χ3v) is 4.11. The molecule has 1 aromatic carbocycles. The van der Waals surface area contributed by atoms with Gasteiger partial charge in [0, 0.05) is 6.20 Å². The molecular weight excluding hydrogens is 388 g/mol. The van der Waals surface area contributed by atoms with Crippen molar-refractivity contribution in [3.63, 3.8) is 0 Å². The minimum absolute atomic E-state index is 0.199. The summed E-state index contributed by atoms with van der Waals surface area (Å²) in [5, 5.41) is 2.89. The number of carbonyl (C=O) groups excluding carboxylic acids is 1. The summed E-state index contributed by atoms with van der Waals surface area (Å²) >= 11 is 9.31. The van der Waals surface area contributed by atoms with Crippen LogP contribution in [0.3, 0.4) is 0 Å². The van der Waals surface area contributed by atoms with Crippen molar-refractivity contribution in [2.24, 2.45) is 0 Å². The first-order valence-electron chi connectivity index (χ1n) is 6.43. The van der Waals surface area contributed by atoms with Gasteiger partial charge in [-0.25, -0.2) is 4.98 Å². The fourth-order valence-electron chi connectivity index (χ4n) is 1.96. The van der Waals surface area contributed by atoms with Gasteiger partial charge in [0.2, 0.25) is 5.75 Å². The van der Waals surface area contributed by atoms with Gasteiger partial charge in [-0.2, -0.15) is 0 Å². The number of pyridine rings is 1. The molecule has 0 aliphatic carbocycles. The van der Waals surface area contributed by atoms with Gasteiger partial charge in [-0.3, -0.25) is 4.79 Å². The fraction of sp³-hybridized carbons (Fsp3) is 0.200. The molecule has 1 aromatic heterocycles. The van der Waals surface area contributed by atoms with E-state index in [1.807, 2.05) is 0 Å². The normalized spacial score (nSPS) is 10.1. The van der Waals surface area contributed by atoms with E-state index >= 15 is 0 Å². The lowest BCUT2D eigenvalue weighted by Gasteiger charge is -2.16. The number of benzene rings is 1. The number of hydrogen-bond donors (Lipinski definition) is 1. The summed E-state index contributed by atoms with van der Waals surface area (Å²) in [5.74, 6) is 0.716. The van der Waals surface area contributed by atoms with E-state index in [1.165, 1.54) is 27.5 Å². The fourth-order valence-corrected chi connectivity index (χ4v) is 2.76. The number of hydrogen-bond acceptors (Lipinski definition) is 5. The van der Waals surface area contributed by atoms with Crippen LogP contribution in [-0.2, 0) is 0 Å². The number of rotatable bonds is 5. The number of nitrogens with one attached hydrogen (secondary N) is 1. The van der Waals surface area contributed by atoms with Gasteiger partial charge in [0.25, 0.3) is 5.91 Å². The van der Waals surface area contributed by atoms with E-state index in [-0.39, 0.29) is 5.15 Å². The van der Waals surface area contributed by atoms with Crippen LogP contribution < -0.4 is 19.5 Å². The summed E-state index contributed by atoms with van der Waals surface area (Å²) in [6.45, 7) is 0. The molecule has 0 aliphatic heterocycles. The second-order valence-corrected chi connectivity index (χ2v) is 5.45. The Bertz CT molecular complexity index is 740. The van der Waals surface area contributed by atoms with E-state index in [0.717, 1.165) is 0 Å². The largest absolute Gasteiger partial charge is 0.493 e. The van der Waals surface area contributed by atoms with Gasteiger partial charge >= 0.3 is 0 Å². The van der Waals surface area contributed by atoms with Crippen molar-refractivity contribution in [1.29, 1.82) is 0 Å². The zero-order valence-electron chi connectivity index (χ0n) is 12.6. The van der Waals surface area contributed by atoms with Crippen molar-refractivity contribution in [3.8, 4) is 17.2 Å². The van der Waals surface area contributed by atoms with Crippen LogP contribution in [0.2, 0.25) is 5.15 Å². The summed E-state index contributed by atoms with van der Waals surface area (Å²) in [6, 6.07) is 4.87. The first-order chi connectivity index (χ1) is 11.0. The van der Waals surface area contributed by atoms with Crippen molar-refractivity contribution in [2.75, 3.05) is 26.6 Å². The molecule has 0 unspecified atom stereocenters. The second-order valence-electron chi connectivity index (χ2n) is 4.30. The van der Waals surface area contributed by atoms with Crippen LogP contribution in [0.1, 0.15) is 10.4 Å². The minimum atomic E-state index is -0.397. The number of halogens is 2. The Balaban J connectivity index is 2.46. The highest BCUT2D eigenvalue weighted by Gasteiger charge is 2.23. The molecule has 0 bridgehead atoms. The Morgan fingerprint density at radius 3 is 2.48 bits per heavy atom. The highest BCUT2D eigenvalue weighted by molar-refractivity contribution is 9.10. The molecule has 1 amide bonds. The van der Waals surface area contributed by atoms with E-state index in [0.29, 0.717) is 33.0 Å². The third kappa shape index (κ3) is 3.51. The smallest absolute Gasteiger partial charge is 0.257 e. The monoisotopic (exact) mass is 400 g/mol. The quantitative estimate of drug-likeness (QED) is 0.772. The molecule has 1 N–H and O–H groups in total. The number of anilines is 1. The lowest BCUT2D eigenvalue weighted by molar-refractivity contribution is 0.102. The average Bonchev–Trinajstić information content (AvgIpc) is 2.56. The second kappa shape index (κ2) is 7.52. The van der Waals surface area contributed by atoms with Crippen molar-refractivity contribution < 1.29 is 19.0 Å². The molecule has 0 fully saturated rings. The molecule has 0 saturated heterocycles. The first-order valence-corrected chi connectivity index (χ1v) is 7.60. The van der Waals surface area contributed by atoms with Crippen LogP contribution in [0.4, 0.5) is 5.69 Å². The van der Waals surface area contributed by atoms with Gasteiger partial charge in [0.05, 0.1) is 37.1 Å². The van der Waals surface area contributed by atoms with Crippen molar-refractivity contribution in [2.45, 2.75) is 0 Å². The van der Waals surface area contributed by atoms with Crippen LogP contribution in [0.5, 0.6) is 17.2 Å². The lowest BCUT2D eigenvalue weighted by atomic mass is 10.1. The van der Waals surface area contributed by atoms with E-state index in [1.54, 1.807) is 18.2 Å². The molecule has 122 valence electrons. The molecule has 8 heteroatoms. The van der Waals surface area contributed by atoms with Crippen LogP contribution >= 0.6 is 27.5 Å². The predicted octanol–water partition coefficient (Wildman–Crippen LogP) is 3.78. The number of carbonyl (C=O) groups is 1. The number of nitrogens with zero attached hydrogens (tertiary/aromatic N) is 1. The molecule has 0 aliphatic rings. The van der Waals surface area contributed by atoms with Crippen LogP contribution in [0.15, 0.2) is 28.9 Å². The molecule has 2 aromatic rings. The maximum atomic E-state index is 12.5. The molecule has 0 radical (unpaired) electrons. The van der Waals surface area contributed by atoms with Crippen LogP contribution in [0, 0.1) is 0 Å². The third-order valence-electron chi connectivity index (χ3n) is 3.02. The number of methoxy groups -OCH3 is 3. The molecule has 6 nitrogen and oxygen atoms in total. The lowest BCUT2D eigenvalue weighted by Crippen LogP contribution is -2.14. The Hall–Kier alpha value is -1.99. The molecule has 0 atom stereocenters. The number of aromatic nitrogens is 1. The topological polar surface area (TPSA) is 69.7 Å². The SMILES string of the molecule is COc1cc(C(=O)Nc2cccnc2Cl)c(Br)c(OC)c1OC. The maximum Gasteiger partial charge on any atom is 0.257 e. The molecular formula is C15H14BrClN2O4. The van der Waals surface area contributed by atoms with Gasteiger partial charge in [-0.15, -0.1) is 0 Å². The van der Waals surface area contributed by atoms with E-state index in [4.69, 9.17) is 25.8 Å². The summed E-state index contributed by atoms with van der Waals surface area (Å²) in [5.41, 5.74) is 0.708. The highest BCUT2D eigenvalue weighted by atomic mass is 79.9. The Kier molecular flexibility index (Phi) is 5.68. The standard InChI is InChI=1S/C15H14BrClN2O4/c1-21-10-7-8(11(16)13(23-3)12(10)22-2)15(20)19-9-5-4-6-18-14(9)17/h4-7H,1-3H3,(H,19,20). The van der Waals surface area contributed by atoms with Gasteiger partial charge in [-0.05, 0) is 34.1 Å². The van der Waals surface area contributed by atoms with Crippen molar-refractivity contribution in [1.82, 2.24) is 4.98 Å². The van der Waals surface area contributed by atoms with E-state index < -0.39 is 5.91 Å². The molecule has 0 spiro atoms. The summed E-state index contributed by atoms with van der Waals surface area (Å²) in [4.78, 5) is 16.5. The van der Waals surface area contributed by atoms with Crippen LogP contribution in [0.25, 0.3) is 0 Å². The Labute approximate surface area is 146 Å². The summed E-state index contributed by atoms with van der Waals surface area (Å²) in [7, 11) is 4.44. The summed E-state index contributed by atoms with van der Waals surface area (Å²) < 4.78 is 16.3. The van der Waals surface area contributed by atoms with E-state index in [2.05, 4.69) is 26.2 Å². The van der Waals surface area contributed by atoms with Gasteiger partial charge < -0.3 is 19.5 Å². The van der Waals surface area contributed by atoms with Crippen molar-refractivity contribution >= 4 is 39.1 Å². The van der Waals surface area contributed by atoms with E-state index in [9.17, 15) is 4.79 Å². The minimum Gasteiger partial charge on any atom is -0.493 e. The zero-order valence-corrected chi connectivity index (χ0v) is 15.0. The predicted molar refractivity (Wildman–Crippen MR) is 91.0 cm³/mol. The first kappa shape index (κ1) is 17.4. The molecule has 2 rings (SSSR count). The molecule has 0 saturated carbocycles. The number of ether oxygens (including phenoxy) is 3. The van der Waals surface area contributed by atoms with Gasteiger partial charge in [0.1, 0.15) is 0 Å². The average molecular weight is 402 g/mol.